The van der Waals surface area contributed by atoms with Gasteiger partial charge in [0, 0.05) is 18.6 Å². The standard InChI is InChI=1S/C10H22N2O/c1-3-11-9(8-13)7-12(4-2)10-5-6-10/h9-11,13H,3-8H2,1-2H3. The molecule has 2 N–H and O–H groups in total. The van der Waals surface area contributed by atoms with Crippen LogP contribution >= 0.6 is 0 Å². The van der Waals surface area contributed by atoms with Crippen LogP contribution < -0.4 is 5.32 Å². The van der Waals surface area contributed by atoms with E-state index in [1.54, 1.807) is 0 Å². The Morgan fingerprint density at radius 1 is 1.46 bits per heavy atom. The lowest BCUT2D eigenvalue weighted by Gasteiger charge is -2.25. The van der Waals surface area contributed by atoms with E-state index in [1.165, 1.54) is 12.8 Å². The fourth-order valence-electron chi connectivity index (χ4n) is 1.73. The topological polar surface area (TPSA) is 35.5 Å². The van der Waals surface area contributed by atoms with Crippen LogP contribution in [0, 0.1) is 0 Å². The number of nitrogens with one attached hydrogen (secondary N) is 1. The molecule has 0 aromatic rings. The van der Waals surface area contributed by atoms with Crippen LogP contribution in [0.25, 0.3) is 0 Å². The lowest BCUT2D eigenvalue weighted by molar-refractivity contribution is 0.182. The van der Waals surface area contributed by atoms with Crippen LogP contribution in [0.4, 0.5) is 0 Å². The average molecular weight is 186 g/mol. The van der Waals surface area contributed by atoms with Gasteiger partial charge >= 0.3 is 0 Å². The summed E-state index contributed by atoms with van der Waals surface area (Å²) in [6, 6.07) is 1.06. The van der Waals surface area contributed by atoms with Crippen LogP contribution in [0.2, 0.25) is 0 Å². The molecular formula is C10H22N2O. The Morgan fingerprint density at radius 2 is 2.15 bits per heavy atom. The highest BCUT2D eigenvalue weighted by atomic mass is 16.3. The first-order chi connectivity index (χ1) is 6.31. The van der Waals surface area contributed by atoms with E-state index in [1.807, 2.05) is 0 Å². The molecule has 1 unspecified atom stereocenters. The zero-order valence-electron chi connectivity index (χ0n) is 8.79. The van der Waals surface area contributed by atoms with Crippen molar-refractivity contribution < 1.29 is 5.11 Å². The van der Waals surface area contributed by atoms with Crippen LogP contribution in [0.3, 0.4) is 0 Å². The minimum atomic E-state index is 0.247. The van der Waals surface area contributed by atoms with E-state index in [0.717, 1.165) is 25.7 Å². The number of aliphatic hydroxyl groups excluding tert-OH is 1. The summed E-state index contributed by atoms with van der Waals surface area (Å²) in [6.45, 7) is 7.55. The number of likely N-dealkylation sites (N-methyl/N-ethyl adjacent to an activating group) is 2. The van der Waals surface area contributed by atoms with Crippen molar-refractivity contribution in [2.24, 2.45) is 0 Å². The highest BCUT2D eigenvalue weighted by molar-refractivity contribution is 4.86. The van der Waals surface area contributed by atoms with Crippen molar-refractivity contribution in [3.05, 3.63) is 0 Å². The molecule has 1 atom stereocenters. The van der Waals surface area contributed by atoms with Gasteiger partial charge in [-0.15, -0.1) is 0 Å². The van der Waals surface area contributed by atoms with Gasteiger partial charge in [0.2, 0.25) is 0 Å². The number of aliphatic hydroxyl groups is 1. The van der Waals surface area contributed by atoms with Crippen molar-refractivity contribution in [1.82, 2.24) is 10.2 Å². The Hall–Kier alpha value is -0.120. The molecule has 0 aliphatic heterocycles. The molecular weight excluding hydrogens is 164 g/mol. The lowest BCUT2D eigenvalue weighted by atomic mass is 10.2. The summed E-state index contributed by atoms with van der Waals surface area (Å²) in [4.78, 5) is 2.46. The molecule has 0 spiro atoms. The molecule has 1 aliphatic carbocycles. The van der Waals surface area contributed by atoms with Crippen molar-refractivity contribution in [3.8, 4) is 0 Å². The van der Waals surface area contributed by atoms with E-state index >= 15 is 0 Å². The summed E-state index contributed by atoms with van der Waals surface area (Å²) >= 11 is 0. The zero-order valence-corrected chi connectivity index (χ0v) is 8.79. The third-order valence-corrected chi connectivity index (χ3v) is 2.64. The summed E-state index contributed by atoms with van der Waals surface area (Å²) in [5.74, 6) is 0. The summed E-state index contributed by atoms with van der Waals surface area (Å²) in [5.41, 5.74) is 0. The first kappa shape index (κ1) is 11.0. The molecule has 78 valence electrons. The number of hydrogen-bond acceptors (Lipinski definition) is 3. The van der Waals surface area contributed by atoms with Gasteiger partial charge < -0.3 is 10.4 Å². The Morgan fingerprint density at radius 3 is 2.54 bits per heavy atom. The van der Waals surface area contributed by atoms with E-state index in [-0.39, 0.29) is 12.6 Å². The molecule has 0 amide bonds. The Bertz CT molecular complexity index is 137. The highest BCUT2D eigenvalue weighted by Crippen LogP contribution is 2.26. The molecule has 0 heterocycles. The van der Waals surface area contributed by atoms with Gasteiger partial charge in [-0.1, -0.05) is 13.8 Å². The summed E-state index contributed by atoms with van der Waals surface area (Å²) < 4.78 is 0. The van der Waals surface area contributed by atoms with Gasteiger partial charge in [-0.2, -0.15) is 0 Å². The smallest absolute Gasteiger partial charge is 0.0597 e. The van der Waals surface area contributed by atoms with Gasteiger partial charge in [-0.25, -0.2) is 0 Å². The average Bonchev–Trinajstić information content (AvgIpc) is 2.95. The first-order valence-electron chi connectivity index (χ1n) is 5.40. The SMILES string of the molecule is CCNC(CO)CN(CC)C1CC1. The molecule has 1 rings (SSSR count). The second-order valence-corrected chi connectivity index (χ2v) is 3.76. The maximum atomic E-state index is 9.11. The van der Waals surface area contributed by atoms with Crippen molar-refractivity contribution in [2.75, 3.05) is 26.2 Å². The van der Waals surface area contributed by atoms with Gasteiger partial charge in [-0.05, 0) is 25.9 Å². The zero-order chi connectivity index (χ0) is 9.68. The Labute approximate surface area is 81.1 Å². The third kappa shape index (κ3) is 3.63. The number of hydrogen-bond donors (Lipinski definition) is 2. The van der Waals surface area contributed by atoms with E-state index in [2.05, 4.69) is 24.1 Å². The van der Waals surface area contributed by atoms with Gasteiger partial charge in [0.15, 0.2) is 0 Å². The highest BCUT2D eigenvalue weighted by Gasteiger charge is 2.28. The minimum Gasteiger partial charge on any atom is -0.395 e. The first-order valence-corrected chi connectivity index (χ1v) is 5.40. The summed E-state index contributed by atoms with van der Waals surface area (Å²) in [5, 5.41) is 12.4. The molecule has 0 bridgehead atoms. The number of nitrogens with zero attached hydrogens (tertiary/aromatic N) is 1. The van der Waals surface area contributed by atoms with Crippen LogP contribution in [-0.2, 0) is 0 Å². The monoisotopic (exact) mass is 186 g/mol. The van der Waals surface area contributed by atoms with E-state index in [0.29, 0.717) is 0 Å². The largest absolute Gasteiger partial charge is 0.395 e. The minimum absolute atomic E-state index is 0.247. The quantitative estimate of drug-likeness (QED) is 0.605. The van der Waals surface area contributed by atoms with E-state index < -0.39 is 0 Å². The molecule has 1 saturated carbocycles. The van der Waals surface area contributed by atoms with Crippen molar-refractivity contribution in [1.29, 1.82) is 0 Å². The van der Waals surface area contributed by atoms with Crippen LogP contribution in [0.1, 0.15) is 26.7 Å². The Balaban J connectivity index is 2.24. The molecule has 3 heteroatoms. The Kier molecular flexibility index (Phi) is 4.70. The van der Waals surface area contributed by atoms with Crippen LogP contribution in [-0.4, -0.2) is 48.3 Å². The fourth-order valence-corrected chi connectivity index (χ4v) is 1.73. The van der Waals surface area contributed by atoms with Gasteiger partial charge in [0.1, 0.15) is 0 Å². The maximum Gasteiger partial charge on any atom is 0.0597 e. The van der Waals surface area contributed by atoms with Crippen molar-refractivity contribution in [3.63, 3.8) is 0 Å². The molecule has 13 heavy (non-hydrogen) atoms. The molecule has 1 aliphatic rings. The molecule has 3 nitrogen and oxygen atoms in total. The third-order valence-electron chi connectivity index (χ3n) is 2.64. The van der Waals surface area contributed by atoms with Crippen LogP contribution in [0.5, 0.6) is 0 Å². The summed E-state index contributed by atoms with van der Waals surface area (Å²) in [7, 11) is 0. The molecule has 0 saturated heterocycles. The van der Waals surface area contributed by atoms with Crippen LogP contribution in [0.15, 0.2) is 0 Å². The maximum absolute atomic E-state index is 9.11. The van der Waals surface area contributed by atoms with E-state index in [4.69, 9.17) is 5.11 Å². The summed E-state index contributed by atoms with van der Waals surface area (Å²) in [6.07, 6.45) is 2.69. The normalized spacial score (nSPS) is 19.4. The molecule has 0 aromatic carbocycles. The second kappa shape index (κ2) is 5.58. The fraction of sp³-hybridized carbons (Fsp3) is 1.00. The van der Waals surface area contributed by atoms with E-state index in [9.17, 15) is 0 Å². The van der Waals surface area contributed by atoms with Gasteiger partial charge in [-0.3, -0.25) is 4.90 Å². The predicted octanol–water partition coefficient (Wildman–Crippen LogP) is 0.441. The second-order valence-electron chi connectivity index (χ2n) is 3.76. The van der Waals surface area contributed by atoms with Gasteiger partial charge in [0.05, 0.1) is 6.61 Å². The molecule has 0 radical (unpaired) electrons. The van der Waals surface area contributed by atoms with Gasteiger partial charge in [0.25, 0.3) is 0 Å². The molecule has 0 aromatic heterocycles. The lowest BCUT2D eigenvalue weighted by Crippen LogP contribution is -2.44. The molecule has 1 fully saturated rings. The van der Waals surface area contributed by atoms with Crippen molar-refractivity contribution in [2.45, 2.75) is 38.8 Å². The van der Waals surface area contributed by atoms with Crippen molar-refractivity contribution >= 4 is 0 Å². The predicted molar refractivity (Wildman–Crippen MR) is 54.8 cm³/mol. The number of rotatable bonds is 7.